The van der Waals surface area contributed by atoms with E-state index in [4.69, 9.17) is 9.47 Å². The maximum absolute atomic E-state index is 12.8. The van der Waals surface area contributed by atoms with Crippen LogP contribution >= 0.6 is 11.8 Å². The summed E-state index contributed by atoms with van der Waals surface area (Å²) in [6, 6.07) is 12.3. The third kappa shape index (κ3) is 3.38. The number of methoxy groups -OCH3 is 2. The topological polar surface area (TPSA) is 64.6 Å². The number of fused-ring (bicyclic) bond motifs is 1. The molecule has 0 radical (unpaired) electrons. The average molecular weight is 365 g/mol. The van der Waals surface area contributed by atoms with Gasteiger partial charge < -0.3 is 9.47 Å². The molecule has 0 saturated carbocycles. The Balaban J connectivity index is 1.90. The Morgan fingerprint density at radius 2 is 1.83 bits per heavy atom. The van der Waals surface area contributed by atoms with E-state index in [2.05, 4.69) is 4.72 Å². The molecule has 1 heterocycles. The van der Waals surface area contributed by atoms with Gasteiger partial charge in [0.25, 0.3) is 0 Å². The normalized spacial score (nSPS) is 17.2. The van der Waals surface area contributed by atoms with Gasteiger partial charge in [0, 0.05) is 17.0 Å². The highest BCUT2D eigenvalue weighted by atomic mass is 32.2. The van der Waals surface area contributed by atoms with Crippen LogP contribution in [0.3, 0.4) is 0 Å². The molecule has 1 atom stereocenters. The third-order valence-electron chi connectivity index (χ3n) is 3.92. The Labute approximate surface area is 146 Å². The summed E-state index contributed by atoms with van der Waals surface area (Å²) < 4.78 is 38.7. The van der Waals surface area contributed by atoms with Gasteiger partial charge in [0.2, 0.25) is 10.0 Å². The summed E-state index contributed by atoms with van der Waals surface area (Å²) in [5, 5.41) is 0. The number of ether oxygens (including phenoxy) is 2. The molecule has 0 amide bonds. The summed E-state index contributed by atoms with van der Waals surface area (Å²) in [5.41, 5.74) is 1.03. The fraction of sp³-hybridized carbons (Fsp3) is 0.294. The second-order valence-corrected chi connectivity index (χ2v) is 8.22. The van der Waals surface area contributed by atoms with Crippen molar-refractivity contribution in [2.24, 2.45) is 0 Å². The molecule has 0 aliphatic carbocycles. The van der Waals surface area contributed by atoms with E-state index in [0.717, 1.165) is 22.6 Å². The van der Waals surface area contributed by atoms with Crippen LogP contribution in [0.2, 0.25) is 0 Å². The zero-order valence-corrected chi connectivity index (χ0v) is 15.1. The summed E-state index contributed by atoms with van der Waals surface area (Å²) >= 11 is 1.75. The molecule has 5 nitrogen and oxygen atoms in total. The molecule has 0 spiro atoms. The summed E-state index contributed by atoms with van der Waals surface area (Å²) in [6.07, 6.45) is 0.758. The smallest absolute Gasteiger partial charge is 0.241 e. The lowest BCUT2D eigenvalue weighted by Gasteiger charge is -2.25. The number of hydrogen-bond acceptors (Lipinski definition) is 5. The lowest BCUT2D eigenvalue weighted by molar-refractivity contribution is 0.354. The Kier molecular flexibility index (Phi) is 5.03. The SMILES string of the molecule is COc1ccc(S(=O)(=O)N[C@@H]2CCSc3ccccc32)cc1OC. The molecule has 0 bridgehead atoms. The minimum absolute atomic E-state index is 0.163. The summed E-state index contributed by atoms with van der Waals surface area (Å²) in [5.74, 6) is 1.77. The van der Waals surface area contributed by atoms with Crippen LogP contribution in [0.15, 0.2) is 52.3 Å². The van der Waals surface area contributed by atoms with Gasteiger partial charge in [0.15, 0.2) is 11.5 Å². The van der Waals surface area contributed by atoms with Gasteiger partial charge in [-0.1, -0.05) is 18.2 Å². The van der Waals surface area contributed by atoms with Gasteiger partial charge in [-0.2, -0.15) is 0 Å². The lowest BCUT2D eigenvalue weighted by atomic mass is 10.1. The fourth-order valence-electron chi connectivity index (χ4n) is 2.70. The van der Waals surface area contributed by atoms with Crippen LogP contribution in [-0.4, -0.2) is 28.4 Å². The first-order chi connectivity index (χ1) is 11.5. The van der Waals surface area contributed by atoms with Crippen molar-refractivity contribution in [2.75, 3.05) is 20.0 Å². The number of benzene rings is 2. The molecule has 0 saturated heterocycles. The Morgan fingerprint density at radius 3 is 2.58 bits per heavy atom. The van der Waals surface area contributed by atoms with Gasteiger partial charge in [-0.25, -0.2) is 13.1 Å². The minimum Gasteiger partial charge on any atom is -0.493 e. The molecular weight excluding hydrogens is 346 g/mol. The highest BCUT2D eigenvalue weighted by Crippen LogP contribution is 2.37. The van der Waals surface area contributed by atoms with Gasteiger partial charge in [-0.3, -0.25) is 0 Å². The van der Waals surface area contributed by atoms with Crippen LogP contribution in [-0.2, 0) is 10.0 Å². The quantitative estimate of drug-likeness (QED) is 0.881. The molecule has 2 aromatic rings. The standard InChI is InChI=1S/C17H19NO4S2/c1-21-15-8-7-12(11-16(15)22-2)24(19,20)18-14-9-10-23-17-6-4-3-5-13(14)17/h3-8,11,14,18H,9-10H2,1-2H3/t14-/m1/s1. The largest absolute Gasteiger partial charge is 0.493 e. The molecule has 3 rings (SSSR count). The monoisotopic (exact) mass is 365 g/mol. The molecule has 0 unspecified atom stereocenters. The molecule has 128 valence electrons. The second-order valence-electron chi connectivity index (χ2n) is 5.37. The maximum Gasteiger partial charge on any atom is 0.241 e. The maximum atomic E-state index is 12.8. The van der Waals surface area contributed by atoms with E-state index >= 15 is 0 Å². The van der Waals surface area contributed by atoms with Gasteiger partial charge >= 0.3 is 0 Å². The van der Waals surface area contributed by atoms with E-state index in [9.17, 15) is 8.42 Å². The molecule has 24 heavy (non-hydrogen) atoms. The van der Waals surface area contributed by atoms with Crippen LogP contribution < -0.4 is 14.2 Å². The first-order valence-corrected chi connectivity index (χ1v) is 9.98. The average Bonchev–Trinajstić information content (AvgIpc) is 2.61. The number of thioether (sulfide) groups is 1. The van der Waals surface area contributed by atoms with Crippen molar-refractivity contribution in [1.82, 2.24) is 4.72 Å². The zero-order valence-electron chi connectivity index (χ0n) is 13.5. The lowest BCUT2D eigenvalue weighted by Crippen LogP contribution is -2.30. The van der Waals surface area contributed by atoms with Crippen LogP contribution in [0.4, 0.5) is 0 Å². The van der Waals surface area contributed by atoms with E-state index in [0.29, 0.717) is 11.5 Å². The Morgan fingerprint density at radius 1 is 1.08 bits per heavy atom. The number of rotatable bonds is 5. The second kappa shape index (κ2) is 7.04. The summed E-state index contributed by atoms with van der Waals surface area (Å²) in [6.45, 7) is 0. The van der Waals surface area contributed by atoms with Crippen LogP contribution in [0.1, 0.15) is 18.0 Å². The van der Waals surface area contributed by atoms with Crippen LogP contribution in [0, 0.1) is 0 Å². The molecule has 7 heteroatoms. The van der Waals surface area contributed by atoms with Crippen molar-refractivity contribution in [3.8, 4) is 11.5 Å². The molecule has 0 fully saturated rings. The predicted octanol–water partition coefficient (Wildman–Crippen LogP) is 3.22. The summed E-state index contributed by atoms with van der Waals surface area (Å²) in [4.78, 5) is 1.29. The first kappa shape index (κ1) is 17.1. The highest BCUT2D eigenvalue weighted by Gasteiger charge is 2.26. The van der Waals surface area contributed by atoms with E-state index < -0.39 is 10.0 Å². The number of nitrogens with one attached hydrogen (secondary N) is 1. The number of sulfonamides is 1. The minimum atomic E-state index is -3.66. The van der Waals surface area contributed by atoms with E-state index in [1.165, 1.54) is 26.4 Å². The first-order valence-electron chi connectivity index (χ1n) is 7.51. The van der Waals surface area contributed by atoms with Gasteiger partial charge in [-0.15, -0.1) is 11.8 Å². The van der Waals surface area contributed by atoms with Crippen molar-refractivity contribution < 1.29 is 17.9 Å². The van der Waals surface area contributed by atoms with Gasteiger partial charge in [0.1, 0.15) is 0 Å². The highest BCUT2D eigenvalue weighted by molar-refractivity contribution is 7.99. The molecule has 1 aliphatic heterocycles. The molecular formula is C17H19NO4S2. The molecule has 1 aliphatic rings. The van der Waals surface area contributed by atoms with Crippen molar-refractivity contribution >= 4 is 21.8 Å². The predicted molar refractivity (Wildman–Crippen MR) is 94.4 cm³/mol. The molecule has 0 aromatic heterocycles. The third-order valence-corrected chi connectivity index (χ3v) is 6.51. The van der Waals surface area contributed by atoms with Crippen LogP contribution in [0.25, 0.3) is 0 Å². The van der Waals surface area contributed by atoms with Crippen LogP contribution in [0.5, 0.6) is 11.5 Å². The van der Waals surface area contributed by atoms with Crippen molar-refractivity contribution in [1.29, 1.82) is 0 Å². The van der Waals surface area contributed by atoms with E-state index in [1.54, 1.807) is 17.8 Å². The fourth-order valence-corrected chi connectivity index (χ4v) is 5.09. The van der Waals surface area contributed by atoms with E-state index in [1.807, 2.05) is 24.3 Å². The Bertz CT molecular complexity index is 836. The summed E-state index contributed by atoms with van der Waals surface area (Å²) in [7, 11) is -0.658. The van der Waals surface area contributed by atoms with Gasteiger partial charge in [0.05, 0.1) is 19.1 Å². The molecule has 1 N–H and O–H groups in total. The van der Waals surface area contributed by atoms with Crippen molar-refractivity contribution in [2.45, 2.75) is 22.3 Å². The zero-order chi connectivity index (χ0) is 17.2. The Hall–Kier alpha value is -1.70. The van der Waals surface area contributed by atoms with Crippen molar-refractivity contribution in [3.63, 3.8) is 0 Å². The molecule has 2 aromatic carbocycles. The van der Waals surface area contributed by atoms with Crippen molar-refractivity contribution in [3.05, 3.63) is 48.0 Å². The van der Waals surface area contributed by atoms with Gasteiger partial charge in [-0.05, 0) is 35.9 Å². The van der Waals surface area contributed by atoms with E-state index in [-0.39, 0.29) is 10.9 Å². The number of hydrogen-bond donors (Lipinski definition) is 1.